The first kappa shape index (κ1) is 20.3. The quantitative estimate of drug-likeness (QED) is 0.487. The number of anilines is 1. The fraction of sp³-hybridized carbons (Fsp3) is 0.100. The largest absolute Gasteiger partial charge is 0.335 e. The molecular formula is C20H12F4N4O3. The number of nitrogens with one attached hydrogen (secondary N) is 1. The van der Waals surface area contributed by atoms with E-state index in [-0.39, 0.29) is 41.0 Å². The molecule has 0 atom stereocenters. The molecule has 0 radical (unpaired) electrons. The second-order valence-electron chi connectivity index (χ2n) is 6.54. The van der Waals surface area contributed by atoms with Crippen LogP contribution < -0.4 is 10.9 Å². The van der Waals surface area contributed by atoms with Gasteiger partial charge in [0.2, 0.25) is 5.91 Å². The lowest BCUT2D eigenvalue weighted by Crippen LogP contribution is -2.23. The highest BCUT2D eigenvalue weighted by atomic mass is 19.2. The topological polar surface area (TPSA) is 90.0 Å². The van der Waals surface area contributed by atoms with Gasteiger partial charge in [-0.3, -0.25) is 14.2 Å². The molecule has 0 aliphatic carbocycles. The van der Waals surface area contributed by atoms with Gasteiger partial charge in [-0.1, -0.05) is 5.16 Å². The molecule has 0 saturated carbocycles. The SMILES string of the molecule is O=C(CCn1cnc2onc(-c3cc(F)cc(F)c3)c2c1=O)Nc1ccc(F)c(F)c1. The Morgan fingerprint density at radius 1 is 1.03 bits per heavy atom. The third kappa shape index (κ3) is 4.15. The van der Waals surface area contributed by atoms with Gasteiger partial charge in [-0.2, -0.15) is 0 Å². The van der Waals surface area contributed by atoms with Crippen molar-refractivity contribution >= 4 is 22.7 Å². The third-order valence-electron chi connectivity index (χ3n) is 4.38. The zero-order valence-electron chi connectivity index (χ0n) is 15.5. The molecule has 0 spiro atoms. The van der Waals surface area contributed by atoms with Crippen molar-refractivity contribution in [2.24, 2.45) is 0 Å². The number of carbonyl (C=O) groups is 1. The van der Waals surface area contributed by atoms with Gasteiger partial charge in [-0.15, -0.1) is 0 Å². The summed E-state index contributed by atoms with van der Waals surface area (Å²) in [6.07, 6.45) is 0.942. The Balaban J connectivity index is 1.57. The van der Waals surface area contributed by atoms with E-state index < -0.39 is 34.7 Å². The van der Waals surface area contributed by atoms with Crippen LogP contribution in [0, 0.1) is 23.3 Å². The zero-order chi connectivity index (χ0) is 22.1. The predicted octanol–water partition coefficient (Wildman–Crippen LogP) is 3.64. The fourth-order valence-corrected chi connectivity index (χ4v) is 2.95. The molecule has 158 valence electrons. The number of halogens is 4. The number of fused-ring (bicyclic) bond motifs is 1. The first-order valence-electron chi connectivity index (χ1n) is 8.88. The van der Waals surface area contributed by atoms with Crippen LogP contribution in [0.2, 0.25) is 0 Å². The van der Waals surface area contributed by atoms with E-state index in [4.69, 9.17) is 4.52 Å². The monoisotopic (exact) mass is 432 g/mol. The van der Waals surface area contributed by atoms with Crippen LogP contribution in [0.1, 0.15) is 6.42 Å². The first-order chi connectivity index (χ1) is 14.8. The molecule has 4 rings (SSSR count). The summed E-state index contributed by atoms with van der Waals surface area (Å²) in [4.78, 5) is 28.9. The molecule has 0 saturated heterocycles. The van der Waals surface area contributed by atoms with E-state index in [0.29, 0.717) is 6.07 Å². The van der Waals surface area contributed by atoms with Gasteiger partial charge in [0.15, 0.2) is 11.6 Å². The van der Waals surface area contributed by atoms with Crippen molar-refractivity contribution in [2.75, 3.05) is 5.32 Å². The van der Waals surface area contributed by atoms with E-state index in [0.717, 1.165) is 35.2 Å². The number of rotatable bonds is 5. The van der Waals surface area contributed by atoms with Crippen molar-refractivity contribution < 1.29 is 26.9 Å². The van der Waals surface area contributed by atoms with Crippen molar-refractivity contribution in [1.82, 2.24) is 14.7 Å². The molecule has 4 aromatic rings. The van der Waals surface area contributed by atoms with Crippen LogP contribution >= 0.6 is 0 Å². The lowest BCUT2D eigenvalue weighted by molar-refractivity contribution is -0.116. The van der Waals surface area contributed by atoms with E-state index >= 15 is 0 Å². The number of aryl methyl sites for hydroxylation is 1. The van der Waals surface area contributed by atoms with Crippen molar-refractivity contribution in [3.63, 3.8) is 0 Å². The summed E-state index contributed by atoms with van der Waals surface area (Å²) < 4.78 is 59.4. The highest BCUT2D eigenvalue weighted by Gasteiger charge is 2.18. The Morgan fingerprint density at radius 3 is 2.48 bits per heavy atom. The minimum absolute atomic E-state index is 0.0102. The number of carbonyl (C=O) groups excluding carboxylic acids is 1. The van der Waals surface area contributed by atoms with Crippen LogP contribution in [0.3, 0.4) is 0 Å². The van der Waals surface area contributed by atoms with Gasteiger partial charge in [0, 0.05) is 36.3 Å². The molecular weight excluding hydrogens is 420 g/mol. The van der Waals surface area contributed by atoms with Crippen molar-refractivity contribution in [3.05, 3.63) is 76.3 Å². The third-order valence-corrected chi connectivity index (χ3v) is 4.38. The maximum Gasteiger partial charge on any atom is 0.266 e. The van der Waals surface area contributed by atoms with Gasteiger partial charge in [-0.25, -0.2) is 22.5 Å². The highest BCUT2D eigenvalue weighted by Crippen LogP contribution is 2.25. The summed E-state index contributed by atoms with van der Waals surface area (Å²) in [6.45, 7) is -0.112. The van der Waals surface area contributed by atoms with Gasteiger partial charge in [0.1, 0.15) is 29.0 Å². The Hall–Kier alpha value is -4.02. The summed E-state index contributed by atoms with van der Waals surface area (Å²) in [7, 11) is 0. The molecule has 0 bridgehead atoms. The highest BCUT2D eigenvalue weighted by molar-refractivity contribution is 5.91. The van der Waals surface area contributed by atoms with Crippen molar-refractivity contribution in [1.29, 1.82) is 0 Å². The lowest BCUT2D eigenvalue weighted by Gasteiger charge is -2.07. The Kier molecular flexibility index (Phi) is 5.24. The van der Waals surface area contributed by atoms with E-state index in [2.05, 4.69) is 15.5 Å². The van der Waals surface area contributed by atoms with Gasteiger partial charge >= 0.3 is 0 Å². The minimum Gasteiger partial charge on any atom is -0.335 e. The Morgan fingerprint density at radius 2 is 1.77 bits per heavy atom. The smallest absolute Gasteiger partial charge is 0.266 e. The number of benzene rings is 2. The zero-order valence-corrected chi connectivity index (χ0v) is 15.5. The lowest BCUT2D eigenvalue weighted by atomic mass is 10.1. The Labute approximate surface area is 170 Å². The summed E-state index contributed by atoms with van der Waals surface area (Å²) in [6, 6.07) is 5.55. The van der Waals surface area contributed by atoms with Crippen LogP contribution in [0.4, 0.5) is 23.2 Å². The molecule has 1 N–H and O–H groups in total. The standard InChI is InChI=1S/C20H12F4N4O3/c21-11-5-10(6-12(22)7-11)18-17-19(31-27-18)25-9-28(20(17)30)4-3-16(29)26-13-1-2-14(23)15(24)8-13/h1-2,5-9H,3-4H2,(H,26,29). The van der Waals surface area contributed by atoms with Crippen LogP contribution in [0.5, 0.6) is 0 Å². The summed E-state index contributed by atoms with van der Waals surface area (Å²) >= 11 is 0. The second-order valence-corrected chi connectivity index (χ2v) is 6.54. The molecule has 0 aliphatic rings. The van der Waals surface area contributed by atoms with Gasteiger partial charge in [0.05, 0.1) is 0 Å². The van der Waals surface area contributed by atoms with Crippen LogP contribution in [-0.4, -0.2) is 20.6 Å². The number of aromatic nitrogens is 3. The van der Waals surface area contributed by atoms with Crippen molar-refractivity contribution in [2.45, 2.75) is 13.0 Å². The molecule has 31 heavy (non-hydrogen) atoms. The maximum absolute atomic E-state index is 13.5. The van der Waals surface area contributed by atoms with Crippen LogP contribution in [0.15, 0.2) is 52.0 Å². The number of amides is 1. The van der Waals surface area contributed by atoms with E-state index in [9.17, 15) is 27.2 Å². The minimum atomic E-state index is -1.11. The van der Waals surface area contributed by atoms with Gasteiger partial charge in [-0.05, 0) is 24.3 Å². The molecule has 2 heterocycles. The number of nitrogens with zero attached hydrogens (tertiary/aromatic N) is 3. The molecule has 2 aromatic carbocycles. The van der Waals surface area contributed by atoms with Crippen LogP contribution in [0.25, 0.3) is 22.4 Å². The van der Waals surface area contributed by atoms with E-state index in [1.54, 1.807) is 0 Å². The fourth-order valence-electron chi connectivity index (χ4n) is 2.95. The van der Waals surface area contributed by atoms with Crippen molar-refractivity contribution in [3.8, 4) is 11.3 Å². The molecule has 11 heteroatoms. The van der Waals surface area contributed by atoms with E-state index in [1.165, 1.54) is 6.07 Å². The maximum atomic E-state index is 13.5. The number of hydrogen-bond donors (Lipinski definition) is 1. The van der Waals surface area contributed by atoms with Gasteiger partial charge < -0.3 is 9.84 Å². The average molecular weight is 432 g/mol. The molecule has 2 aromatic heterocycles. The summed E-state index contributed by atoms with van der Waals surface area (Å²) in [5.41, 5.74) is -0.812. The number of hydrogen-bond acceptors (Lipinski definition) is 5. The first-order valence-corrected chi connectivity index (χ1v) is 8.88. The second kappa shape index (κ2) is 8.01. The molecule has 0 aliphatic heterocycles. The normalized spacial score (nSPS) is 11.1. The molecule has 7 nitrogen and oxygen atoms in total. The van der Waals surface area contributed by atoms with Crippen LogP contribution in [-0.2, 0) is 11.3 Å². The van der Waals surface area contributed by atoms with Gasteiger partial charge in [0.25, 0.3) is 11.3 Å². The molecule has 1 amide bonds. The summed E-state index contributed by atoms with van der Waals surface area (Å²) in [5.74, 6) is -4.44. The average Bonchev–Trinajstić information content (AvgIpc) is 3.15. The Bertz CT molecular complexity index is 1350. The summed E-state index contributed by atoms with van der Waals surface area (Å²) in [5, 5.41) is 5.97. The predicted molar refractivity (Wildman–Crippen MR) is 101 cm³/mol. The molecule has 0 fully saturated rings. The molecule has 0 unspecified atom stereocenters. The van der Waals surface area contributed by atoms with E-state index in [1.807, 2.05) is 0 Å².